The van der Waals surface area contributed by atoms with Gasteiger partial charge < -0.3 is 10.2 Å². The van der Waals surface area contributed by atoms with E-state index in [0.29, 0.717) is 5.56 Å². The molecular formula is C25H26N4O. The molecule has 30 heavy (non-hydrogen) atoms. The molecule has 1 aromatic heterocycles. The third-order valence-corrected chi connectivity index (χ3v) is 5.95. The van der Waals surface area contributed by atoms with Crippen LogP contribution in [0.1, 0.15) is 35.1 Å². The molecule has 0 saturated carbocycles. The van der Waals surface area contributed by atoms with E-state index >= 15 is 0 Å². The Hall–Kier alpha value is -3.39. The number of carbonyl (C=O) groups excluding carboxylic acids is 1. The van der Waals surface area contributed by atoms with Gasteiger partial charge >= 0.3 is 0 Å². The molecule has 1 saturated heterocycles. The number of carbonyl (C=O) groups is 1. The SMILES string of the molecule is Cc1ccc(C)c(NC(=O)C2CCN(c3c(C#N)cnc4ccc(C)cc34)CC2)c1. The van der Waals surface area contributed by atoms with Gasteiger partial charge in [-0.05, 0) is 62.9 Å². The maximum atomic E-state index is 12.9. The average Bonchev–Trinajstić information content (AvgIpc) is 2.75. The van der Waals surface area contributed by atoms with Crippen LogP contribution in [-0.2, 0) is 4.79 Å². The number of nitrogens with zero attached hydrogens (tertiary/aromatic N) is 3. The van der Waals surface area contributed by atoms with Crippen molar-refractivity contribution in [1.82, 2.24) is 4.98 Å². The number of aryl methyl sites for hydroxylation is 3. The van der Waals surface area contributed by atoms with Crippen molar-refractivity contribution in [2.24, 2.45) is 5.92 Å². The Kier molecular flexibility index (Phi) is 5.41. The number of piperidine rings is 1. The van der Waals surface area contributed by atoms with Gasteiger partial charge in [0.1, 0.15) is 6.07 Å². The van der Waals surface area contributed by atoms with Crippen molar-refractivity contribution in [3.05, 3.63) is 64.8 Å². The van der Waals surface area contributed by atoms with Crippen LogP contribution >= 0.6 is 0 Å². The zero-order valence-corrected chi connectivity index (χ0v) is 17.7. The highest BCUT2D eigenvalue weighted by molar-refractivity contribution is 5.96. The van der Waals surface area contributed by atoms with E-state index in [0.717, 1.165) is 64.9 Å². The summed E-state index contributed by atoms with van der Waals surface area (Å²) in [5, 5.41) is 13.8. The van der Waals surface area contributed by atoms with E-state index in [2.05, 4.69) is 33.4 Å². The summed E-state index contributed by atoms with van der Waals surface area (Å²) in [6, 6.07) is 14.5. The zero-order chi connectivity index (χ0) is 21.3. The summed E-state index contributed by atoms with van der Waals surface area (Å²) in [6.07, 6.45) is 3.18. The molecule has 1 amide bonds. The fraction of sp³-hybridized carbons (Fsp3) is 0.320. The summed E-state index contributed by atoms with van der Waals surface area (Å²) < 4.78 is 0. The fourth-order valence-electron chi connectivity index (χ4n) is 4.19. The number of benzene rings is 2. The van der Waals surface area contributed by atoms with Gasteiger partial charge in [0.2, 0.25) is 5.91 Å². The van der Waals surface area contributed by atoms with E-state index in [1.807, 2.05) is 45.0 Å². The minimum absolute atomic E-state index is 0.0264. The minimum Gasteiger partial charge on any atom is -0.370 e. The van der Waals surface area contributed by atoms with Crippen LogP contribution in [0.15, 0.2) is 42.6 Å². The highest BCUT2D eigenvalue weighted by atomic mass is 16.1. The van der Waals surface area contributed by atoms with Gasteiger partial charge in [-0.1, -0.05) is 23.8 Å². The Morgan fingerprint density at radius 2 is 1.80 bits per heavy atom. The lowest BCUT2D eigenvalue weighted by atomic mass is 9.94. The van der Waals surface area contributed by atoms with Gasteiger partial charge in [0.05, 0.1) is 16.8 Å². The summed E-state index contributed by atoms with van der Waals surface area (Å²) in [4.78, 5) is 19.5. The predicted octanol–water partition coefficient (Wildman–Crippen LogP) is 4.89. The van der Waals surface area contributed by atoms with E-state index < -0.39 is 0 Å². The Labute approximate surface area is 177 Å². The molecule has 0 unspecified atom stereocenters. The highest BCUT2D eigenvalue weighted by Gasteiger charge is 2.27. The quantitative estimate of drug-likeness (QED) is 0.682. The van der Waals surface area contributed by atoms with Crippen LogP contribution in [0.4, 0.5) is 11.4 Å². The van der Waals surface area contributed by atoms with Crippen molar-refractivity contribution in [1.29, 1.82) is 5.26 Å². The molecule has 5 heteroatoms. The average molecular weight is 399 g/mol. The first-order valence-electron chi connectivity index (χ1n) is 10.4. The van der Waals surface area contributed by atoms with Gasteiger partial charge in [0, 0.05) is 36.3 Å². The number of hydrogen-bond donors (Lipinski definition) is 1. The molecule has 1 aliphatic rings. The maximum Gasteiger partial charge on any atom is 0.227 e. The van der Waals surface area contributed by atoms with E-state index in [1.54, 1.807) is 6.20 Å². The normalized spacial score (nSPS) is 14.5. The third-order valence-electron chi connectivity index (χ3n) is 5.95. The lowest BCUT2D eigenvalue weighted by Gasteiger charge is -2.34. The summed E-state index contributed by atoms with van der Waals surface area (Å²) in [5.41, 5.74) is 6.67. The second-order valence-electron chi connectivity index (χ2n) is 8.22. The number of aromatic nitrogens is 1. The van der Waals surface area contributed by atoms with Crippen LogP contribution in [0.2, 0.25) is 0 Å². The van der Waals surface area contributed by atoms with Crippen LogP contribution in [-0.4, -0.2) is 24.0 Å². The van der Waals surface area contributed by atoms with Crippen molar-refractivity contribution < 1.29 is 4.79 Å². The number of nitrogens with one attached hydrogen (secondary N) is 1. The second-order valence-corrected chi connectivity index (χ2v) is 8.22. The van der Waals surface area contributed by atoms with Crippen LogP contribution in [0, 0.1) is 38.0 Å². The van der Waals surface area contributed by atoms with E-state index in [-0.39, 0.29) is 11.8 Å². The Balaban J connectivity index is 1.52. The summed E-state index contributed by atoms with van der Waals surface area (Å²) >= 11 is 0. The maximum absolute atomic E-state index is 12.9. The molecular weight excluding hydrogens is 372 g/mol. The van der Waals surface area contributed by atoms with E-state index in [4.69, 9.17) is 0 Å². The van der Waals surface area contributed by atoms with E-state index in [9.17, 15) is 10.1 Å². The summed E-state index contributed by atoms with van der Waals surface area (Å²) in [7, 11) is 0. The molecule has 0 atom stereocenters. The predicted molar refractivity (Wildman–Crippen MR) is 121 cm³/mol. The summed E-state index contributed by atoms with van der Waals surface area (Å²) in [6.45, 7) is 7.57. The van der Waals surface area contributed by atoms with Crippen molar-refractivity contribution in [2.75, 3.05) is 23.3 Å². The molecule has 0 bridgehead atoms. The third kappa shape index (κ3) is 3.86. The lowest BCUT2D eigenvalue weighted by molar-refractivity contribution is -0.120. The zero-order valence-electron chi connectivity index (χ0n) is 17.7. The molecule has 1 N–H and O–H groups in total. The van der Waals surface area contributed by atoms with Crippen LogP contribution in [0.3, 0.4) is 0 Å². The van der Waals surface area contributed by atoms with Gasteiger partial charge in [-0.3, -0.25) is 9.78 Å². The van der Waals surface area contributed by atoms with Crippen LogP contribution < -0.4 is 10.2 Å². The number of rotatable bonds is 3. The van der Waals surface area contributed by atoms with Gasteiger partial charge in [0.15, 0.2) is 0 Å². The molecule has 0 aliphatic carbocycles. The molecule has 5 nitrogen and oxygen atoms in total. The number of nitriles is 1. The molecule has 2 aromatic carbocycles. The van der Waals surface area contributed by atoms with Crippen molar-refractivity contribution in [2.45, 2.75) is 33.6 Å². The van der Waals surface area contributed by atoms with Gasteiger partial charge in [-0.15, -0.1) is 0 Å². The smallest absolute Gasteiger partial charge is 0.227 e. The van der Waals surface area contributed by atoms with Crippen LogP contribution in [0.25, 0.3) is 10.9 Å². The molecule has 2 heterocycles. The lowest BCUT2D eigenvalue weighted by Crippen LogP contribution is -2.38. The Bertz CT molecular complexity index is 1150. The topological polar surface area (TPSA) is 69.0 Å². The Morgan fingerprint density at radius 3 is 2.53 bits per heavy atom. The first kappa shape index (κ1) is 19.9. The monoisotopic (exact) mass is 398 g/mol. The molecule has 0 radical (unpaired) electrons. The molecule has 0 spiro atoms. The molecule has 3 aromatic rings. The molecule has 1 aliphatic heterocycles. The van der Waals surface area contributed by atoms with Crippen LogP contribution in [0.5, 0.6) is 0 Å². The van der Waals surface area contributed by atoms with Crippen molar-refractivity contribution in [3.8, 4) is 6.07 Å². The van der Waals surface area contributed by atoms with Crippen molar-refractivity contribution in [3.63, 3.8) is 0 Å². The summed E-state index contributed by atoms with van der Waals surface area (Å²) in [5.74, 6) is 0.0563. The van der Waals surface area contributed by atoms with Gasteiger partial charge in [-0.2, -0.15) is 5.26 Å². The van der Waals surface area contributed by atoms with Gasteiger partial charge in [0.25, 0.3) is 0 Å². The molecule has 4 rings (SSSR count). The fourth-order valence-corrected chi connectivity index (χ4v) is 4.19. The minimum atomic E-state index is -0.0264. The molecule has 1 fully saturated rings. The number of pyridine rings is 1. The van der Waals surface area contributed by atoms with E-state index in [1.165, 1.54) is 0 Å². The number of hydrogen-bond acceptors (Lipinski definition) is 4. The van der Waals surface area contributed by atoms with Crippen molar-refractivity contribution >= 4 is 28.2 Å². The molecule has 152 valence electrons. The largest absolute Gasteiger partial charge is 0.370 e. The number of amides is 1. The standard InChI is InChI=1S/C25H26N4O/c1-16-5-7-22-21(12-16)24(20(14-26)15-27-22)29-10-8-19(9-11-29)25(30)28-23-13-17(2)4-6-18(23)3/h4-7,12-13,15,19H,8-11H2,1-3H3,(H,28,30). The van der Waals surface area contributed by atoms with Gasteiger partial charge in [-0.25, -0.2) is 0 Å². The first-order chi connectivity index (χ1) is 14.5. The number of anilines is 2. The first-order valence-corrected chi connectivity index (χ1v) is 10.4. The second kappa shape index (κ2) is 8.16. The highest BCUT2D eigenvalue weighted by Crippen LogP contribution is 2.33. The Morgan fingerprint density at radius 1 is 1.10 bits per heavy atom. The number of fused-ring (bicyclic) bond motifs is 1.